The lowest BCUT2D eigenvalue weighted by molar-refractivity contribution is 0.0950. The number of ether oxygens (including phenoxy) is 1. The maximum Gasteiger partial charge on any atom is 0.255 e. The molecule has 0 aliphatic carbocycles. The minimum atomic E-state index is -0.241. The van der Waals surface area contributed by atoms with Crippen LogP contribution in [0.1, 0.15) is 36.0 Å². The number of rotatable bonds is 9. The Hall–Kier alpha value is -1.36. The van der Waals surface area contributed by atoms with E-state index in [9.17, 15) is 9.90 Å². The lowest BCUT2D eigenvalue weighted by atomic mass is 10.1. The molecule has 1 amide bonds. The number of unbranched alkanes of at least 4 members (excludes halogenated alkanes) is 3. The van der Waals surface area contributed by atoms with Crippen LogP contribution in [0.25, 0.3) is 0 Å². The highest BCUT2D eigenvalue weighted by molar-refractivity contribution is 7.98. The summed E-state index contributed by atoms with van der Waals surface area (Å²) in [6, 6.07) is 4.68. The van der Waals surface area contributed by atoms with Crippen molar-refractivity contribution < 1.29 is 14.6 Å². The Balaban J connectivity index is 2.29. The van der Waals surface area contributed by atoms with Crippen molar-refractivity contribution in [2.24, 2.45) is 0 Å². The van der Waals surface area contributed by atoms with E-state index < -0.39 is 0 Å². The van der Waals surface area contributed by atoms with Gasteiger partial charge in [0.2, 0.25) is 0 Å². The first kappa shape index (κ1) is 16.7. The minimum absolute atomic E-state index is 0.0539. The van der Waals surface area contributed by atoms with Gasteiger partial charge in [-0.15, -0.1) is 0 Å². The van der Waals surface area contributed by atoms with Gasteiger partial charge in [-0.05, 0) is 37.0 Å². The van der Waals surface area contributed by atoms with Crippen LogP contribution in [0.15, 0.2) is 18.2 Å². The molecular weight excluding hydrogens is 274 g/mol. The van der Waals surface area contributed by atoms with E-state index in [2.05, 4.69) is 11.6 Å². The van der Waals surface area contributed by atoms with E-state index in [1.165, 1.54) is 31.8 Å². The Morgan fingerprint density at radius 2 is 2.05 bits per heavy atom. The van der Waals surface area contributed by atoms with Crippen LogP contribution in [0, 0.1) is 0 Å². The molecule has 0 saturated carbocycles. The number of carbonyl (C=O) groups is 1. The number of phenols is 1. The van der Waals surface area contributed by atoms with E-state index in [1.807, 2.05) is 11.8 Å². The zero-order valence-corrected chi connectivity index (χ0v) is 13.0. The highest BCUT2D eigenvalue weighted by Gasteiger charge is 2.11. The van der Waals surface area contributed by atoms with Gasteiger partial charge in [-0.2, -0.15) is 11.8 Å². The minimum Gasteiger partial charge on any atom is -0.507 e. The van der Waals surface area contributed by atoms with Crippen LogP contribution in [0.5, 0.6) is 11.5 Å². The molecule has 5 heteroatoms. The number of thioether (sulfide) groups is 1. The van der Waals surface area contributed by atoms with Crippen molar-refractivity contribution in [3.05, 3.63) is 23.8 Å². The van der Waals surface area contributed by atoms with Crippen molar-refractivity contribution >= 4 is 17.7 Å². The molecule has 0 saturated heterocycles. The molecule has 0 aromatic heterocycles. The van der Waals surface area contributed by atoms with Gasteiger partial charge in [0.15, 0.2) is 0 Å². The predicted molar refractivity (Wildman–Crippen MR) is 83.8 cm³/mol. The molecule has 2 N–H and O–H groups in total. The Labute approximate surface area is 124 Å². The van der Waals surface area contributed by atoms with E-state index in [-0.39, 0.29) is 17.2 Å². The van der Waals surface area contributed by atoms with Gasteiger partial charge in [-0.25, -0.2) is 0 Å². The van der Waals surface area contributed by atoms with Crippen LogP contribution in [-0.2, 0) is 0 Å². The third-order valence-electron chi connectivity index (χ3n) is 3.01. The summed E-state index contributed by atoms with van der Waals surface area (Å²) in [5.74, 6) is 1.44. The summed E-state index contributed by atoms with van der Waals surface area (Å²) < 4.78 is 4.98. The van der Waals surface area contributed by atoms with E-state index >= 15 is 0 Å². The monoisotopic (exact) mass is 297 g/mol. The van der Waals surface area contributed by atoms with Crippen LogP contribution in [-0.4, -0.2) is 36.7 Å². The zero-order valence-electron chi connectivity index (χ0n) is 12.1. The Morgan fingerprint density at radius 1 is 1.30 bits per heavy atom. The van der Waals surface area contributed by atoms with Crippen molar-refractivity contribution in [1.82, 2.24) is 5.32 Å². The lowest BCUT2D eigenvalue weighted by Crippen LogP contribution is -2.24. The number of hydrogen-bond donors (Lipinski definition) is 2. The van der Waals surface area contributed by atoms with Crippen LogP contribution in [0.2, 0.25) is 0 Å². The van der Waals surface area contributed by atoms with Gasteiger partial charge in [0.1, 0.15) is 11.5 Å². The van der Waals surface area contributed by atoms with Crippen LogP contribution < -0.4 is 10.1 Å². The Bertz CT molecular complexity index is 424. The Morgan fingerprint density at radius 3 is 2.70 bits per heavy atom. The number of amides is 1. The van der Waals surface area contributed by atoms with Gasteiger partial charge < -0.3 is 15.2 Å². The molecule has 0 fully saturated rings. The zero-order chi connectivity index (χ0) is 14.8. The summed E-state index contributed by atoms with van der Waals surface area (Å²) in [5.41, 5.74) is 0.285. The molecule has 0 aliphatic heterocycles. The molecule has 1 aromatic carbocycles. The number of phenolic OH excluding ortho intramolecular Hbond substituents is 1. The third kappa shape index (κ3) is 5.74. The second-order valence-corrected chi connectivity index (χ2v) is 5.53. The standard InChI is InChI=1S/C15H23NO3S/c1-19-12-7-8-13(14(17)11-12)15(18)16-9-5-3-4-6-10-20-2/h7-8,11,17H,3-6,9-10H2,1-2H3,(H,16,18). The number of methoxy groups -OCH3 is 1. The van der Waals surface area contributed by atoms with Crippen molar-refractivity contribution in [2.75, 3.05) is 25.7 Å². The molecule has 0 heterocycles. The third-order valence-corrected chi connectivity index (χ3v) is 3.71. The Kier molecular flexibility index (Phi) is 7.95. The average molecular weight is 297 g/mol. The second-order valence-electron chi connectivity index (χ2n) is 4.55. The van der Waals surface area contributed by atoms with Crippen LogP contribution >= 0.6 is 11.8 Å². The van der Waals surface area contributed by atoms with Crippen LogP contribution in [0.4, 0.5) is 0 Å². The topological polar surface area (TPSA) is 58.6 Å². The van der Waals surface area contributed by atoms with Crippen molar-refractivity contribution in [3.63, 3.8) is 0 Å². The van der Waals surface area contributed by atoms with Gasteiger partial charge in [-0.1, -0.05) is 12.8 Å². The average Bonchev–Trinajstić information content (AvgIpc) is 2.45. The van der Waals surface area contributed by atoms with Crippen molar-refractivity contribution in [2.45, 2.75) is 25.7 Å². The van der Waals surface area contributed by atoms with E-state index in [0.717, 1.165) is 12.8 Å². The molecule has 112 valence electrons. The van der Waals surface area contributed by atoms with E-state index in [1.54, 1.807) is 12.1 Å². The second kappa shape index (κ2) is 9.53. The first-order valence-electron chi connectivity index (χ1n) is 6.83. The smallest absolute Gasteiger partial charge is 0.255 e. The molecule has 0 spiro atoms. The molecule has 4 nitrogen and oxygen atoms in total. The maximum atomic E-state index is 11.9. The van der Waals surface area contributed by atoms with Gasteiger partial charge in [0, 0.05) is 12.6 Å². The fourth-order valence-electron chi connectivity index (χ4n) is 1.85. The SMILES string of the molecule is COc1ccc(C(=O)NCCCCCCSC)c(O)c1. The predicted octanol–water partition coefficient (Wildman–Crippen LogP) is 3.05. The van der Waals surface area contributed by atoms with Gasteiger partial charge in [0.25, 0.3) is 5.91 Å². The van der Waals surface area contributed by atoms with E-state index in [4.69, 9.17) is 4.74 Å². The first-order chi connectivity index (χ1) is 9.69. The summed E-state index contributed by atoms with van der Waals surface area (Å²) in [6.07, 6.45) is 6.63. The number of nitrogens with one attached hydrogen (secondary N) is 1. The van der Waals surface area contributed by atoms with Crippen molar-refractivity contribution in [1.29, 1.82) is 0 Å². The molecule has 0 radical (unpaired) electrons. The molecular formula is C15H23NO3S. The molecule has 0 bridgehead atoms. The first-order valence-corrected chi connectivity index (χ1v) is 8.22. The highest BCUT2D eigenvalue weighted by Crippen LogP contribution is 2.23. The quantitative estimate of drug-likeness (QED) is 0.688. The lowest BCUT2D eigenvalue weighted by Gasteiger charge is -2.08. The summed E-state index contributed by atoms with van der Waals surface area (Å²) in [7, 11) is 1.52. The van der Waals surface area contributed by atoms with E-state index in [0.29, 0.717) is 12.3 Å². The molecule has 0 atom stereocenters. The highest BCUT2D eigenvalue weighted by atomic mass is 32.2. The van der Waals surface area contributed by atoms with Gasteiger partial charge in [0.05, 0.1) is 12.7 Å². The van der Waals surface area contributed by atoms with Crippen LogP contribution in [0.3, 0.4) is 0 Å². The summed E-state index contributed by atoms with van der Waals surface area (Å²) in [4.78, 5) is 11.9. The molecule has 20 heavy (non-hydrogen) atoms. The normalized spacial score (nSPS) is 10.3. The molecule has 1 rings (SSSR count). The molecule has 1 aromatic rings. The fourth-order valence-corrected chi connectivity index (χ4v) is 2.35. The summed E-state index contributed by atoms with van der Waals surface area (Å²) in [6.45, 7) is 0.642. The maximum absolute atomic E-state index is 11.9. The van der Waals surface area contributed by atoms with Gasteiger partial charge in [-0.3, -0.25) is 4.79 Å². The number of carbonyl (C=O) groups excluding carboxylic acids is 1. The number of hydrogen-bond acceptors (Lipinski definition) is 4. The number of aromatic hydroxyl groups is 1. The number of benzene rings is 1. The fraction of sp³-hybridized carbons (Fsp3) is 0.533. The largest absolute Gasteiger partial charge is 0.507 e. The summed E-state index contributed by atoms with van der Waals surface area (Å²) in [5, 5.41) is 12.6. The van der Waals surface area contributed by atoms with Gasteiger partial charge >= 0.3 is 0 Å². The molecule has 0 unspecified atom stereocenters. The summed E-state index contributed by atoms with van der Waals surface area (Å²) >= 11 is 1.86. The molecule has 0 aliphatic rings. The van der Waals surface area contributed by atoms with Crippen molar-refractivity contribution in [3.8, 4) is 11.5 Å².